The van der Waals surface area contributed by atoms with E-state index in [4.69, 9.17) is 15.6 Å². The van der Waals surface area contributed by atoms with Crippen LogP contribution in [0.25, 0.3) is 0 Å². The van der Waals surface area contributed by atoms with Crippen LogP contribution in [0.2, 0.25) is 0 Å². The van der Waals surface area contributed by atoms with Crippen LogP contribution in [0.1, 0.15) is 26.2 Å². The number of hydrogen-bond donors (Lipinski definition) is 2. The molecule has 0 amide bonds. The molecule has 0 saturated heterocycles. The molecule has 0 aromatic heterocycles. The van der Waals surface area contributed by atoms with E-state index in [1.54, 1.807) is 0 Å². The standard InChI is InChI=1S/C8H17NO2/c1-2-7(10)5-11-8-3-6(9)4-8/h6-8,10H,2-5,9H2,1H3. The zero-order chi connectivity index (χ0) is 8.27. The Labute approximate surface area is 67.5 Å². The van der Waals surface area contributed by atoms with Gasteiger partial charge in [0.25, 0.3) is 0 Å². The summed E-state index contributed by atoms with van der Waals surface area (Å²) in [6.07, 6.45) is 2.68. The van der Waals surface area contributed by atoms with Crippen LogP contribution >= 0.6 is 0 Å². The van der Waals surface area contributed by atoms with E-state index in [0.717, 1.165) is 19.3 Å². The topological polar surface area (TPSA) is 55.5 Å². The summed E-state index contributed by atoms with van der Waals surface area (Å²) in [5, 5.41) is 9.14. The minimum absolute atomic E-state index is 0.299. The van der Waals surface area contributed by atoms with Crippen molar-refractivity contribution < 1.29 is 9.84 Å². The zero-order valence-electron chi connectivity index (χ0n) is 6.99. The lowest BCUT2D eigenvalue weighted by Crippen LogP contribution is -2.42. The maximum Gasteiger partial charge on any atom is 0.0771 e. The maximum atomic E-state index is 9.14. The van der Waals surface area contributed by atoms with Crippen molar-refractivity contribution >= 4 is 0 Å². The molecule has 0 spiro atoms. The molecule has 0 aromatic carbocycles. The predicted molar refractivity (Wildman–Crippen MR) is 43.2 cm³/mol. The molecule has 1 unspecified atom stereocenters. The number of ether oxygens (including phenoxy) is 1. The van der Waals surface area contributed by atoms with Crippen molar-refractivity contribution in [1.29, 1.82) is 0 Å². The van der Waals surface area contributed by atoms with Crippen LogP contribution < -0.4 is 5.73 Å². The molecule has 3 nitrogen and oxygen atoms in total. The minimum atomic E-state index is -0.299. The van der Waals surface area contributed by atoms with Gasteiger partial charge >= 0.3 is 0 Å². The van der Waals surface area contributed by atoms with Gasteiger partial charge in [0, 0.05) is 6.04 Å². The molecule has 0 bridgehead atoms. The molecule has 0 radical (unpaired) electrons. The molecule has 66 valence electrons. The van der Waals surface area contributed by atoms with E-state index in [0.29, 0.717) is 18.8 Å². The van der Waals surface area contributed by atoms with Crippen LogP contribution in [0.3, 0.4) is 0 Å². The first-order valence-corrected chi connectivity index (χ1v) is 4.27. The van der Waals surface area contributed by atoms with Gasteiger partial charge in [0.1, 0.15) is 0 Å². The molecule has 0 heterocycles. The fraction of sp³-hybridized carbons (Fsp3) is 1.00. The van der Waals surface area contributed by atoms with Gasteiger partial charge in [-0.2, -0.15) is 0 Å². The van der Waals surface area contributed by atoms with Gasteiger partial charge in [-0.05, 0) is 19.3 Å². The fourth-order valence-electron chi connectivity index (χ4n) is 1.11. The van der Waals surface area contributed by atoms with Gasteiger partial charge in [0.05, 0.1) is 18.8 Å². The van der Waals surface area contributed by atoms with Crippen LogP contribution in [0.15, 0.2) is 0 Å². The molecule has 1 rings (SSSR count). The molecule has 3 N–H and O–H groups in total. The Hall–Kier alpha value is -0.120. The number of aliphatic hydroxyl groups is 1. The smallest absolute Gasteiger partial charge is 0.0771 e. The first-order valence-electron chi connectivity index (χ1n) is 4.27. The normalized spacial score (nSPS) is 33.0. The van der Waals surface area contributed by atoms with E-state index in [1.165, 1.54) is 0 Å². The Morgan fingerprint density at radius 1 is 1.64 bits per heavy atom. The van der Waals surface area contributed by atoms with Gasteiger partial charge in [-0.3, -0.25) is 0 Å². The van der Waals surface area contributed by atoms with Crippen molar-refractivity contribution in [2.24, 2.45) is 5.73 Å². The summed E-state index contributed by atoms with van der Waals surface area (Å²) in [5.41, 5.74) is 5.57. The molecule has 1 aliphatic rings. The summed E-state index contributed by atoms with van der Waals surface area (Å²) in [6.45, 7) is 2.41. The summed E-state index contributed by atoms with van der Waals surface area (Å²) in [7, 11) is 0. The van der Waals surface area contributed by atoms with E-state index < -0.39 is 0 Å². The Kier molecular flexibility index (Phi) is 3.30. The second-order valence-corrected chi connectivity index (χ2v) is 3.25. The third kappa shape index (κ3) is 2.77. The highest BCUT2D eigenvalue weighted by Gasteiger charge is 2.26. The molecular formula is C8H17NO2. The average molecular weight is 159 g/mol. The second kappa shape index (κ2) is 4.04. The van der Waals surface area contributed by atoms with Gasteiger partial charge in [-0.25, -0.2) is 0 Å². The van der Waals surface area contributed by atoms with Gasteiger partial charge in [0.15, 0.2) is 0 Å². The van der Waals surface area contributed by atoms with Gasteiger partial charge in [-0.1, -0.05) is 6.92 Å². The molecule has 1 aliphatic carbocycles. The highest BCUT2D eigenvalue weighted by molar-refractivity contribution is 4.82. The fourth-order valence-corrected chi connectivity index (χ4v) is 1.11. The van der Waals surface area contributed by atoms with Crippen molar-refractivity contribution in [3.63, 3.8) is 0 Å². The van der Waals surface area contributed by atoms with E-state index >= 15 is 0 Å². The van der Waals surface area contributed by atoms with Crippen molar-refractivity contribution in [2.75, 3.05) is 6.61 Å². The molecule has 1 fully saturated rings. The van der Waals surface area contributed by atoms with E-state index in [9.17, 15) is 0 Å². The molecule has 11 heavy (non-hydrogen) atoms. The molecule has 0 aliphatic heterocycles. The zero-order valence-corrected chi connectivity index (χ0v) is 6.99. The largest absolute Gasteiger partial charge is 0.391 e. The first kappa shape index (κ1) is 8.97. The minimum Gasteiger partial charge on any atom is -0.391 e. The molecule has 1 atom stereocenters. The second-order valence-electron chi connectivity index (χ2n) is 3.25. The Bertz CT molecular complexity index is 113. The highest BCUT2D eigenvalue weighted by atomic mass is 16.5. The summed E-state index contributed by atoms with van der Waals surface area (Å²) >= 11 is 0. The van der Waals surface area contributed by atoms with Crippen molar-refractivity contribution in [3.05, 3.63) is 0 Å². The van der Waals surface area contributed by atoms with Crippen molar-refractivity contribution in [1.82, 2.24) is 0 Å². The first-order chi connectivity index (χ1) is 5.22. The lowest BCUT2D eigenvalue weighted by atomic mass is 9.90. The molecule has 0 aromatic rings. The SMILES string of the molecule is CCC(O)COC1CC(N)C1. The van der Waals surface area contributed by atoms with Crippen LogP contribution in [0.4, 0.5) is 0 Å². The van der Waals surface area contributed by atoms with E-state index in [1.807, 2.05) is 6.92 Å². The Morgan fingerprint density at radius 2 is 2.27 bits per heavy atom. The lowest BCUT2D eigenvalue weighted by Gasteiger charge is -2.32. The Balaban J connectivity index is 1.96. The summed E-state index contributed by atoms with van der Waals surface area (Å²) in [6, 6.07) is 0.332. The summed E-state index contributed by atoms with van der Waals surface area (Å²) < 4.78 is 5.37. The molecule has 3 heteroatoms. The van der Waals surface area contributed by atoms with Gasteiger partial charge < -0.3 is 15.6 Å². The maximum absolute atomic E-state index is 9.14. The van der Waals surface area contributed by atoms with E-state index in [2.05, 4.69) is 0 Å². The van der Waals surface area contributed by atoms with Gasteiger partial charge in [0.2, 0.25) is 0 Å². The summed E-state index contributed by atoms with van der Waals surface area (Å²) in [4.78, 5) is 0. The van der Waals surface area contributed by atoms with Crippen LogP contribution in [-0.2, 0) is 4.74 Å². The Morgan fingerprint density at radius 3 is 2.73 bits per heavy atom. The third-order valence-electron chi connectivity index (χ3n) is 2.13. The van der Waals surface area contributed by atoms with Crippen molar-refractivity contribution in [2.45, 2.75) is 44.4 Å². The summed E-state index contributed by atoms with van der Waals surface area (Å²) in [5.74, 6) is 0. The molecular weight excluding hydrogens is 142 g/mol. The highest BCUT2D eigenvalue weighted by Crippen LogP contribution is 2.21. The van der Waals surface area contributed by atoms with Crippen LogP contribution in [0, 0.1) is 0 Å². The number of aliphatic hydroxyl groups excluding tert-OH is 1. The van der Waals surface area contributed by atoms with Crippen molar-refractivity contribution in [3.8, 4) is 0 Å². The monoisotopic (exact) mass is 159 g/mol. The quantitative estimate of drug-likeness (QED) is 0.619. The van der Waals surface area contributed by atoms with Crippen LogP contribution in [-0.4, -0.2) is 30.0 Å². The van der Waals surface area contributed by atoms with Crippen LogP contribution in [0.5, 0.6) is 0 Å². The predicted octanol–water partition coefficient (Wildman–Crippen LogP) is 0.264. The average Bonchev–Trinajstić information content (AvgIpc) is 1.95. The van der Waals surface area contributed by atoms with E-state index in [-0.39, 0.29) is 6.10 Å². The number of nitrogens with two attached hydrogens (primary N) is 1. The number of rotatable bonds is 4. The number of hydrogen-bond acceptors (Lipinski definition) is 3. The third-order valence-corrected chi connectivity index (χ3v) is 2.13. The molecule has 1 saturated carbocycles. The lowest BCUT2D eigenvalue weighted by molar-refractivity contribution is -0.0492. The van der Waals surface area contributed by atoms with Gasteiger partial charge in [-0.15, -0.1) is 0 Å².